The monoisotopic (exact) mass is 438 g/mol. The molecular formula is C4H6Cl6O7P2. The van der Waals surface area contributed by atoms with E-state index in [1.54, 1.807) is 0 Å². The van der Waals surface area contributed by atoms with Crippen LogP contribution >= 0.6 is 85.3 Å². The van der Waals surface area contributed by atoms with Crippen LogP contribution in [0.4, 0.5) is 0 Å². The summed E-state index contributed by atoms with van der Waals surface area (Å²) in [5.41, 5.74) is 0. The van der Waals surface area contributed by atoms with Crippen molar-refractivity contribution in [1.82, 2.24) is 0 Å². The highest BCUT2D eigenvalue weighted by molar-refractivity contribution is 7.61. The molecule has 0 bridgehead atoms. The predicted molar refractivity (Wildman–Crippen MR) is 73.2 cm³/mol. The molecule has 19 heavy (non-hydrogen) atoms. The Bertz CT molecular complexity index is 362. The van der Waals surface area contributed by atoms with Gasteiger partial charge < -0.3 is 9.79 Å². The van der Waals surface area contributed by atoms with E-state index < -0.39 is 36.4 Å². The van der Waals surface area contributed by atoms with Crippen LogP contribution in [0.15, 0.2) is 0 Å². The Kier molecular flexibility index (Phi) is 8.30. The van der Waals surface area contributed by atoms with Crippen LogP contribution in [0.25, 0.3) is 0 Å². The first kappa shape index (κ1) is 21.0. The third kappa shape index (κ3) is 13.4. The first-order valence-corrected chi connectivity index (χ1v) is 9.17. The number of rotatable bonds is 6. The van der Waals surface area contributed by atoms with E-state index in [1.807, 2.05) is 0 Å². The molecule has 0 heterocycles. The molecule has 7 nitrogen and oxygen atoms in total. The lowest BCUT2D eigenvalue weighted by Crippen LogP contribution is -2.17. The van der Waals surface area contributed by atoms with Crippen LogP contribution in [0.5, 0.6) is 0 Å². The summed E-state index contributed by atoms with van der Waals surface area (Å²) in [5, 5.41) is 0. The van der Waals surface area contributed by atoms with E-state index in [-0.39, 0.29) is 0 Å². The minimum Gasteiger partial charge on any atom is -0.302 e. The molecule has 0 amide bonds. The van der Waals surface area contributed by atoms with E-state index >= 15 is 0 Å². The lowest BCUT2D eigenvalue weighted by atomic mass is 10.9. The maximum absolute atomic E-state index is 11.8. The van der Waals surface area contributed by atoms with E-state index in [9.17, 15) is 9.13 Å². The van der Waals surface area contributed by atoms with Crippen LogP contribution in [-0.2, 0) is 22.5 Å². The van der Waals surface area contributed by atoms with Gasteiger partial charge in [-0.2, -0.15) is 4.31 Å². The van der Waals surface area contributed by atoms with Crippen LogP contribution < -0.4 is 0 Å². The fraction of sp³-hybridized carbons (Fsp3) is 1.00. The first-order chi connectivity index (χ1) is 8.12. The smallest absolute Gasteiger partial charge is 0.302 e. The zero-order valence-corrected chi connectivity index (χ0v) is 14.8. The standard InChI is InChI=1S/C4H6Cl6O7P2/c5-3(6,7)1-15-19(14,17-18(11,12)13)16-2-4(8,9)10/h1-2H2,(H2,11,12,13). The van der Waals surface area contributed by atoms with E-state index in [0.29, 0.717) is 0 Å². The van der Waals surface area contributed by atoms with Crippen LogP contribution in [-0.4, -0.2) is 30.6 Å². The summed E-state index contributed by atoms with van der Waals surface area (Å²) in [4.78, 5) is 17.1. The lowest BCUT2D eigenvalue weighted by molar-refractivity contribution is 0.143. The Morgan fingerprint density at radius 1 is 0.842 bits per heavy atom. The highest BCUT2D eigenvalue weighted by atomic mass is 35.6. The fourth-order valence-corrected chi connectivity index (χ4v) is 3.50. The van der Waals surface area contributed by atoms with Crippen molar-refractivity contribution >= 4 is 85.3 Å². The second-order valence-corrected chi connectivity index (χ2v) is 10.9. The summed E-state index contributed by atoms with van der Waals surface area (Å²) >= 11 is 31.8. The van der Waals surface area contributed by atoms with E-state index in [1.165, 1.54) is 0 Å². The predicted octanol–water partition coefficient (Wildman–Crippen LogP) is 3.98. The fourth-order valence-electron chi connectivity index (χ4n) is 0.519. The summed E-state index contributed by atoms with van der Waals surface area (Å²) < 4.78 is 31.1. The molecule has 0 atom stereocenters. The van der Waals surface area contributed by atoms with Crippen molar-refractivity contribution in [2.45, 2.75) is 7.59 Å². The summed E-state index contributed by atoms with van der Waals surface area (Å²) in [5.74, 6) is 0. The second-order valence-electron chi connectivity index (χ2n) is 2.80. The summed E-state index contributed by atoms with van der Waals surface area (Å²) in [6, 6.07) is 0. The van der Waals surface area contributed by atoms with Gasteiger partial charge in [0, 0.05) is 0 Å². The molecule has 116 valence electrons. The molecule has 0 radical (unpaired) electrons. The number of hydrogen-bond donors (Lipinski definition) is 2. The largest absolute Gasteiger partial charge is 0.484 e. The van der Waals surface area contributed by atoms with Gasteiger partial charge in [-0.05, 0) is 0 Å². The Hall–Kier alpha value is 2.00. The Morgan fingerprint density at radius 3 is 1.37 bits per heavy atom. The molecule has 0 spiro atoms. The molecular weight excluding hydrogens is 435 g/mol. The highest BCUT2D eigenvalue weighted by Crippen LogP contribution is 2.62. The maximum Gasteiger partial charge on any atom is 0.484 e. The molecule has 0 aromatic heterocycles. The number of halogens is 6. The van der Waals surface area contributed by atoms with Gasteiger partial charge in [0.1, 0.15) is 13.2 Å². The van der Waals surface area contributed by atoms with Crippen molar-refractivity contribution in [2.24, 2.45) is 0 Å². The molecule has 0 aromatic rings. The second kappa shape index (κ2) is 7.51. The van der Waals surface area contributed by atoms with E-state index in [4.69, 9.17) is 79.4 Å². The molecule has 0 unspecified atom stereocenters. The Balaban J connectivity index is 4.83. The van der Waals surface area contributed by atoms with Crippen LogP contribution in [0.3, 0.4) is 0 Å². The minimum atomic E-state index is -5.22. The molecule has 0 saturated heterocycles. The van der Waals surface area contributed by atoms with E-state index in [0.717, 1.165) is 0 Å². The molecule has 0 aliphatic heterocycles. The van der Waals surface area contributed by atoms with Crippen molar-refractivity contribution in [3.05, 3.63) is 0 Å². The maximum atomic E-state index is 11.8. The summed E-state index contributed by atoms with van der Waals surface area (Å²) in [7, 11) is -10.0. The van der Waals surface area contributed by atoms with Gasteiger partial charge in [-0.25, -0.2) is 9.13 Å². The van der Waals surface area contributed by atoms with Gasteiger partial charge in [0.25, 0.3) is 0 Å². The van der Waals surface area contributed by atoms with Crippen LogP contribution in [0.1, 0.15) is 0 Å². The first-order valence-electron chi connectivity index (χ1n) is 3.91. The van der Waals surface area contributed by atoms with Crippen LogP contribution in [0.2, 0.25) is 0 Å². The van der Waals surface area contributed by atoms with Gasteiger partial charge in [-0.1, -0.05) is 69.6 Å². The van der Waals surface area contributed by atoms with Crippen molar-refractivity contribution in [3.63, 3.8) is 0 Å². The third-order valence-corrected chi connectivity index (χ3v) is 4.18. The minimum absolute atomic E-state index is 0.852. The molecule has 0 aliphatic carbocycles. The molecule has 0 rings (SSSR count). The van der Waals surface area contributed by atoms with Gasteiger partial charge in [-0.3, -0.25) is 9.05 Å². The van der Waals surface area contributed by atoms with Crippen molar-refractivity contribution < 1.29 is 32.3 Å². The Labute approximate surface area is 138 Å². The SMILES string of the molecule is O=P(O)(O)OP(=O)(OCC(Cl)(Cl)Cl)OCC(Cl)(Cl)Cl. The number of alkyl halides is 6. The van der Waals surface area contributed by atoms with Gasteiger partial charge in [0.15, 0.2) is 0 Å². The third-order valence-electron chi connectivity index (χ3n) is 0.979. The topological polar surface area (TPSA) is 102 Å². The molecule has 0 aliphatic rings. The zero-order valence-electron chi connectivity index (χ0n) is 8.51. The molecule has 0 saturated carbocycles. The average molecular weight is 441 g/mol. The molecule has 2 N–H and O–H groups in total. The van der Waals surface area contributed by atoms with Gasteiger partial charge in [0.2, 0.25) is 7.59 Å². The molecule has 15 heteroatoms. The molecule has 0 fully saturated rings. The Morgan fingerprint density at radius 2 is 1.16 bits per heavy atom. The zero-order chi connectivity index (χ0) is 15.5. The number of phosphoric ester groups is 1. The van der Waals surface area contributed by atoms with Crippen molar-refractivity contribution in [2.75, 3.05) is 13.2 Å². The lowest BCUT2D eigenvalue weighted by Gasteiger charge is -2.21. The normalized spacial score (nSPS) is 14.7. The quantitative estimate of drug-likeness (QED) is 0.475. The summed E-state index contributed by atoms with van der Waals surface area (Å²) in [6.45, 7) is -1.70. The average Bonchev–Trinajstić information content (AvgIpc) is 2.07. The van der Waals surface area contributed by atoms with E-state index in [2.05, 4.69) is 13.4 Å². The van der Waals surface area contributed by atoms with Gasteiger partial charge >= 0.3 is 15.6 Å². The number of phosphoric acid groups is 2. The summed E-state index contributed by atoms with van der Waals surface area (Å²) in [6.07, 6.45) is 0. The van der Waals surface area contributed by atoms with Gasteiger partial charge in [-0.15, -0.1) is 0 Å². The van der Waals surface area contributed by atoms with Crippen molar-refractivity contribution in [3.8, 4) is 0 Å². The van der Waals surface area contributed by atoms with Crippen molar-refractivity contribution in [1.29, 1.82) is 0 Å². The number of hydrogen-bond acceptors (Lipinski definition) is 5. The van der Waals surface area contributed by atoms with Crippen LogP contribution in [0, 0.1) is 0 Å². The molecule has 0 aromatic carbocycles. The van der Waals surface area contributed by atoms with Gasteiger partial charge in [0.05, 0.1) is 0 Å². The highest BCUT2D eigenvalue weighted by Gasteiger charge is 2.40.